The first-order chi connectivity index (χ1) is 38.8. The highest BCUT2D eigenvalue weighted by Gasteiger charge is 2.46. The SMILES string of the molecule is C=Cc1ccc(C2(c3ccccc3)c3ccccc3-c3ccc(N(c4ccc(-c5ccccc5)cc4)c4ccc(-c5ccc6c(c5)c5cc(-c7ccc(C)cc7)ccc5n6-c5cc(C(C)(C)C)cc(C(C)(C)C)c5)cc4)cc32)cc1. The van der Waals surface area contributed by atoms with Gasteiger partial charge in [0.05, 0.1) is 16.4 Å². The van der Waals surface area contributed by atoms with Crippen LogP contribution >= 0.6 is 0 Å². The molecule has 1 aliphatic rings. The summed E-state index contributed by atoms with van der Waals surface area (Å²) >= 11 is 0. The number of hydrogen-bond donors (Lipinski definition) is 0. The van der Waals surface area contributed by atoms with Gasteiger partial charge in [0.1, 0.15) is 0 Å². The Kier molecular flexibility index (Phi) is 12.3. The second-order valence-corrected chi connectivity index (χ2v) is 23.9. The molecule has 11 aromatic carbocycles. The lowest BCUT2D eigenvalue weighted by Crippen LogP contribution is -2.28. The number of aryl methyl sites for hydroxylation is 1. The molecule has 0 saturated carbocycles. The van der Waals surface area contributed by atoms with Crippen molar-refractivity contribution in [1.82, 2.24) is 4.57 Å². The molecule has 1 aromatic heterocycles. The minimum absolute atomic E-state index is 0.0224. The number of hydrogen-bond acceptors (Lipinski definition) is 1. The molecular formula is C78H66N2. The monoisotopic (exact) mass is 1030 g/mol. The van der Waals surface area contributed by atoms with Crippen LogP contribution in [0.5, 0.6) is 0 Å². The van der Waals surface area contributed by atoms with Crippen molar-refractivity contribution in [1.29, 1.82) is 0 Å². The van der Waals surface area contributed by atoms with E-state index in [9.17, 15) is 0 Å². The molecule has 2 nitrogen and oxygen atoms in total. The molecule has 388 valence electrons. The van der Waals surface area contributed by atoms with Crippen LogP contribution in [-0.2, 0) is 16.2 Å². The first kappa shape index (κ1) is 50.3. The molecule has 0 N–H and O–H groups in total. The molecule has 12 aromatic rings. The fraction of sp³-hybridized carbons (Fsp3) is 0.128. The van der Waals surface area contributed by atoms with Gasteiger partial charge in [0, 0.05) is 33.5 Å². The lowest BCUT2D eigenvalue weighted by atomic mass is 9.67. The maximum Gasteiger partial charge on any atom is 0.0714 e. The zero-order chi connectivity index (χ0) is 54.9. The third-order valence-electron chi connectivity index (χ3n) is 16.8. The van der Waals surface area contributed by atoms with Gasteiger partial charge in [-0.05, 0) is 174 Å². The molecule has 0 fully saturated rings. The van der Waals surface area contributed by atoms with Crippen LogP contribution in [0.4, 0.5) is 17.1 Å². The summed E-state index contributed by atoms with van der Waals surface area (Å²) in [5.41, 5.74) is 25.9. The van der Waals surface area contributed by atoms with E-state index in [1.807, 2.05) is 6.08 Å². The van der Waals surface area contributed by atoms with E-state index in [0.717, 1.165) is 28.2 Å². The van der Waals surface area contributed by atoms with Crippen molar-refractivity contribution < 1.29 is 0 Å². The van der Waals surface area contributed by atoms with Gasteiger partial charge in [0.25, 0.3) is 0 Å². The summed E-state index contributed by atoms with van der Waals surface area (Å²) in [5, 5.41) is 2.47. The second-order valence-electron chi connectivity index (χ2n) is 23.9. The smallest absolute Gasteiger partial charge is 0.0714 e. The second kappa shape index (κ2) is 19.6. The van der Waals surface area contributed by atoms with Gasteiger partial charge in [-0.3, -0.25) is 0 Å². The first-order valence-electron chi connectivity index (χ1n) is 28.2. The van der Waals surface area contributed by atoms with Crippen molar-refractivity contribution in [2.45, 2.75) is 64.7 Å². The van der Waals surface area contributed by atoms with Crippen molar-refractivity contribution in [3.8, 4) is 50.2 Å². The van der Waals surface area contributed by atoms with Crippen molar-refractivity contribution in [2.75, 3.05) is 4.90 Å². The molecule has 1 unspecified atom stereocenters. The van der Waals surface area contributed by atoms with Gasteiger partial charge >= 0.3 is 0 Å². The number of fused-ring (bicyclic) bond motifs is 6. The van der Waals surface area contributed by atoms with E-state index in [1.165, 1.54) is 105 Å². The van der Waals surface area contributed by atoms with Crippen LogP contribution in [0.25, 0.3) is 78.1 Å². The Bertz CT molecular complexity index is 4250. The Morgan fingerprint density at radius 2 is 0.838 bits per heavy atom. The first-order valence-corrected chi connectivity index (χ1v) is 28.2. The highest BCUT2D eigenvalue weighted by atomic mass is 15.1. The van der Waals surface area contributed by atoms with Crippen molar-refractivity contribution >= 4 is 44.9 Å². The van der Waals surface area contributed by atoms with Crippen LogP contribution in [0, 0.1) is 6.92 Å². The average Bonchev–Trinajstić information content (AvgIpc) is 4.10. The van der Waals surface area contributed by atoms with Crippen molar-refractivity contribution in [3.63, 3.8) is 0 Å². The molecule has 1 atom stereocenters. The summed E-state index contributed by atoms with van der Waals surface area (Å²) in [6, 6.07) is 95.4. The maximum atomic E-state index is 4.10. The molecule has 0 amide bonds. The zero-order valence-electron chi connectivity index (χ0n) is 46.9. The number of aromatic nitrogens is 1. The highest BCUT2D eigenvalue weighted by Crippen LogP contribution is 2.57. The summed E-state index contributed by atoms with van der Waals surface area (Å²) in [6.45, 7) is 20.2. The van der Waals surface area contributed by atoms with E-state index in [-0.39, 0.29) is 10.8 Å². The average molecular weight is 1030 g/mol. The van der Waals surface area contributed by atoms with Gasteiger partial charge in [-0.25, -0.2) is 0 Å². The normalized spacial score (nSPS) is 14.0. The molecule has 13 rings (SSSR count). The van der Waals surface area contributed by atoms with Gasteiger partial charge < -0.3 is 9.47 Å². The minimum Gasteiger partial charge on any atom is -0.310 e. The molecule has 80 heavy (non-hydrogen) atoms. The van der Waals surface area contributed by atoms with Gasteiger partial charge in [-0.1, -0.05) is 242 Å². The van der Waals surface area contributed by atoms with E-state index in [0.29, 0.717) is 0 Å². The van der Waals surface area contributed by atoms with Gasteiger partial charge in [0.15, 0.2) is 0 Å². The Morgan fingerprint density at radius 3 is 1.39 bits per heavy atom. The molecule has 0 saturated heterocycles. The molecular weight excluding hydrogens is 965 g/mol. The molecule has 0 radical (unpaired) electrons. The third kappa shape index (κ3) is 8.68. The maximum absolute atomic E-state index is 4.10. The van der Waals surface area contributed by atoms with E-state index in [1.54, 1.807) is 0 Å². The topological polar surface area (TPSA) is 8.17 Å². The van der Waals surface area contributed by atoms with Gasteiger partial charge in [-0.2, -0.15) is 0 Å². The van der Waals surface area contributed by atoms with Crippen molar-refractivity contribution in [3.05, 3.63) is 306 Å². The van der Waals surface area contributed by atoms with Gasteiger partial charge in [0.2, 0.25) is 0 Å². The van der Waals surface area contributed by atoms with E-state index >= 15 is 0 Å². The Hall–Kier alpha value is -9.24. The van der Waals surface area contributed by atoms with Crippen LogP contribution < -0.4 is 4.90 Å². The Morgan fingerprint density at radius 1 is 0.388 bits per heavy atom. The lowest BCUT2D eigenvalue weighted by Gasteiger charge is -2.35. The summed E-state index contributed by atoms with van der Waals surface area (Å²) in [7, 11) is 0. The van der Waals surface area contributed by atoms with E-state index in [4.69, 9.17) is 0 Å². The molecule has 1 aliphatic carbocycles. The Labute approximate surface area is 472 Å². The number of nitrogens with zero attached hydrogens (tertiary/aromatic N) is 2. The quantitative estimate of drug-likeness (QED) is 0.133. The van der Waals surface area contributed by atoms with Gasteiger partial charge in [-0.15, -0.1) is 0 Å². The predicted octanol–water partition coefficient (Wildman–Crippen LogP) is 21.2. The standard InChI is InChI=1S/C78H66N2/c1-9-53-26-36-61(37-27-53)78(60-20-14-11-15-21-60)72-23-17-16-22-68(72)69-43-42-66(51-73(69)78)79(64-38-30-55(31-39-64)54-18-12-10-13-19-54)65-40-32-57(33-41-65)59-35-45-75-71(47-59)70-46-58(56-28-24-52(2)25-29-56)34-44-74(70)80(75)67-49-62(76(3,4)5)48-63(50-67)77(6,7)8/h9-51H,1H2,2-8H3. The molecule has 0 bridgehead atoms. The number of benzene rings is 11. The number of rotatable bonds is 10. The summed E-state index contributed by atoms with van der Waals surface area (Å²) < 4.78 is 2.50. The van der Waals surface area contributed by atoms with Crippen LogP contribution in [0.1, 0.15) is 86.1 Å². The van der Waals surface area contributed by atoms with Crippen LogP contribution in [0.15, 0.2) is 261 Å². The van der Waals surface area contributed by atoms with Crippen molar-refractivity contribution in [2.24, 2.45) is 0 Å². The summed E-state index contributed by atoms with van der Waals surface area (Å²) in [4.78, 5) is 2.43. The van der Waals surface area contributed by atoms with E-state index < -0.39 is 5.41 Å². The number of anilines is 3. The highest BCUT2D eigenvalue weighted by molar-refractivity contribution is 6.12. The van der Waals surface area contributed by atoms with Crippen LogP contribution in [-0.4, -0.2) is 4.57 Å². The lowest BCUT2D eigenvalue weighted by molar-refractivity contribution is 0.568. The third-order valence-corrected chi connectivity index (χ3v) is 16.8. The predicted molar refractivity (Wildman–Crippen MR) is 341 cm³/mol. The molecule has 0 aliphatic heterocycles. The Balaban J connectivity index is 0.971. The minimum atomic E-state index is -0.567. The van der Waals surface area contributed by atoms with E-state index in [2.05, 4.69) is 319 Å². The van der Waals surface area contributed by atoms with Crippen LogP contribution in [0.3, 0.4) is 0 Å². The fourth-order valence-electron chi connectivity index (χ4n) is 12.4. The molecule has 2 heteroatoms. The molecule has 0 spiro atoms. The summed E-state index contributed by atoms with van der Waals surface area (Å²) in [5.74, 6) is 0. The largest absolute Gasteiger partial charge is 0.310 e. The summed E-state index contributed by atoms with van der Waals surface area (Å²) in [6.07, 6.45) is 1.93. The fourth-order valence-corrected chi connectivity index (χ4v) is 12.4. The van der Waals surface area contributed by atoms with Crippen LogP contribution in [0.2, 0.25) is 0 Å². The zero-order valence-corrected chi connectivity index (χ0v) is 46.9. The molecule has 1 heterocycles.